The molecule has 0 aromatic heterocycles. The van der Waals surface area contributed by atoms with Gasteiger partial charge in [0.05, 0.1) is 19.8 Å². The fourth-order valence-corrected chi connectivity index (χ4v) is 0.409. The molecule has 0 aliphatic carbocycles. The zero-order valence-electron chi connectivity index (χ0n) is 4.56. The van der Waals surface area contributed by atoms with Gasteiger partial charge in [-0.1, -0.05) is 22.5 Å². The average Bonchev–Trinajstić information content (AvgIpc) is 1.66. The third kappa shape index (κ3) is 6.14. The van der Waals surface area contributed by atoms with E-state index in [-0.39, 0.29) is 6.61 Å². The summed E-state index contributed by atoms with van der Waals surface area (Å²) in [5.41, 5.74) is 0. The van der Waals surface area contributed by atoms with Crippen molar-refractivity contribution in [2.24, 2.45) is 0 Å². The zero-order valence-corrected chi connectivity index (χ0v) is 6.15. The quantitative estimate of drug-likeness (QED) is 0.653. The minimum absolute atomic E-state index is 0.0697. The van der Waals surface area contributed by atoms with Crippen LogP contribution in [-0.2, 0) is 4.74 Å². The highest BCUT2D eigenvalue weighted by atomic mass is 79.9. The lowest BCUT2D eigenvalue weighted by Crippen LogP contribution is -1.99. The normalized spacial score (nSPS) is 9.25. The number of halogens is 1. The lowest BCUT2D eigenvalue weighted by atomic mass is 10.7. The van der Waals surface area contributed by atoms with Crippen molar-refractivity contribution >= 4 is 15.9 Å². The fraction of sp³-hybridized carbons (Fsp3) is 0.600. The largest absolute Gasteiger partial charge is 0.394 e. The van der Waals surface area contributed by atoms with Crippen LogP contribution < -0.4 is 0 Å². The van der Waals surface area contributed by atoms with Gasteiger partial charge in [0.15, 0.2) is 0 Å². The third-order valence-electron chi connectivity index (χ3n) is 0.494. The molecule has 0 bridgehead atoms. The first-order valence-electron chi connectivity index (χ1n) is 2.29. The highest BCUT2D eigenvalue weighted by molar-refractivity contribution is 9.11. The van der Waals surface area contributed by atoms with Gasteiger partial charge in [-0.25, -0.2) is 0 Å². The van der Waals surface area contributed by atoms with Gasteiger partial charge in [-0.2, -0.15) is 0 Å². The second-order valence-electron chi connectivity index (χ2n) is 1.29. The summed E-state index contributed by atoms with van der Waals surface area (Å²) in [5, 5.41) is 8.21. The first kappa shape index (κ1) is 8.14. The molecule has 0 aliphatic heterocycles. The molecule has 0 radical (unpaired) electrons. The zero-order chi connectivity index (χ0) is 6.41. The number of aliphatic hydroxyl groups is 1. The van der Waals surface area contributed by atoms with E-state index in [0.29, 0.717) is 13.2 Å². The molecule has 0 aromatic carbocycles. The lowest BCUT2D eigenvalue weighted by Gasteiger charge is -1.96. The van der Waals surface area contributed by atoms with Crippen LogP contribution in [-0.4, -0.2) is 24.9 Å². The topological polar surface area (TPSA) is 29.5 Å². The molecule has 0 spiro atoms. The molecule has 0 amide bonds. The van der Waals surface area contributed by atoms with Gasteiger partial charge in [0.1, 0.15) is 0 Å². The van der Waals surface area contributed by atoms with Crippen molar-refractivity contribution in [3.8, 4) is 0 Å². The molecule has 8 heavy (non-hydrogen) atoms. The van der Waals surface area contributed by atoms with E-state index in [1.165, 1.54) is 0 Å². The van der Waals surface area contributed by atoms with Crippen molar-refractivity contribution in [3.63, 3.8) is 0 Å². The van der Waals surface area contributed by atoms with Crippen molar-refractivity contribution in [1.29, 1.82) is 0 Å². The average molecular weight is 181 g/mol. The Hall–Kier alpha value is 0.140. The molecule has 0 saturated carbocycles. The van der Waals surface area contributed by atoms with Crippen LogP contribution in [0.4, 0.5) is 0 Å². The van der Waals surface area contributed by atoms with Gasteiger partial charge < -0.3 is 9.84 Å². The van der Waals surface area contributed by atoms with E-state index in [1.807, 2.05) is 0 Å². The number of ether oxygens (including phenoxy) is 1. The molecule has 2 nitrogen and oxygen atoms in total. The van der Waals surface area contributed by atoms with Gasteiger partial charge in [0.25, 0.3) is 0 Å². The third-order valence-corrected chi connectivity index (χ3v) is 0.723. The molecule has 0 saturated heterocycles. The summed E-state index contributed by atoms with van der Waals surface area (Å²) in [4.78, 5) is 0. The van der Waals surface area contributed by atoms with Crippen LogP contribution in [0.15, 0.2) is 11.1 Å². The summed E-state index contributed by atoms with van der Waals surface area (Å²) in [6, 6.07) is 0. The molecule has 48 valence electrons. The summed E-state index contributed by atoms with van der Waals surface area (Å²) in [7, 11) is 0. The molecular weight excluding hydrogens is 172 g/mol. The second-order valence-corrected chi connectivity index (χ2v) is 2.41. The van der Waals surface area contributed by atoms with Gasteiger partial charge in [-0.05, 0) is 0 Å². The smallest absolute Gasteiger partial charge is 0.0777 e. The van der Waals surface area contributed by atoms with Crippen LogP contribution in [0.25, 0.3) is 0 Å². The Labute approximate surface area is 57.3 Å². The molecule has 0 aromatic rings. The van der Waals surface area contributed by atoms with Crippen molar-refractivity contribution in [2.45, 2.75) is 0 Å². The summed E-state index contributed by atoms with van der Waals surface area (Å²) in [5.74, 6) is 0. The van der Waals surface area contributed by atoms with Crippen LogP contribution in [0.3, 0.4) is 0 Å². The molecule has 0 aliphatic rings. The van der Waals surface area contributed by atoms with Gasteiger partial charge in [-0.15, -0.1) is 0 Å². The summed E-state index contributed by atoms with van der Waals surface area (Å²) in [6.45, 7) is 4.46. The molecule has 0 fully saturated rings. The van der Waals surface area contributed by atoms with Crippen molar-refractivity contribution < 1.29 is 9.84 Å². The van der Waals surface area contributed by atoms with Gasteiger partial charge in [0.2, 0.25) is 0 Å². The summed E-state index contributed by atoms with van der Waals surface area (Å²) >= 11 is 3.10. The Bertz CT molecular complexity index is 72.8. The minimum atomic E-state index is 0.0697. The van der Waals surface area contributed by atoms with E-state index in [9.17, 15) is 0 Å². The summed E-state index contributed by atoms with van der Waals surface area (Å²) < 4.78 is 5.64. The van der Waals surface area contributed by atoms with E-state index in [1.54, 1.807) is 0 Å². The summed E-state index contributed by atoms with van der Waals surface area (Å²) in [6.07, 6.45) is 0. The van der Waals surface area contributed by atoms with Crippen LogP contribution in [0.2, 0.25) is 0 Å². The minimum Gasteiger partial charge on any atom is -0.394 e. The van der Waals surface area contributed by atoms with Gasteiger partial charge >= 0.3 is 0 Å². The van der Waals surface area contributed by atoms with E-state index in [2.05, 4.69) is 22.5 Å². The maximum Gasteiger partial charge on any atom is 0.0777 e. The van der Waals surface area contributed by atoms with E-state index in [4.69, 9.17) is 9.84 Å². The SMILES string of the molecule is C=C(Br)COCCO. The van der Waals surface area contributed by atoms with Crippen molar-refractivity contribution in [3.05, 3.63) is 11.1 Å². The number of aliphatic hydroxyl groups excluding tert-OH is 1. The molecule has 0 heterocycles. The molecule has 0 unspecified atom stereocenters. The first-order chi connectivity index (χ1) is 3.77. The molecule has 0 rings (SSSR count). The Morgan fingerprint density at radius 3 is 2.75 bits per heavy atom. The van der Waals surface area contributed by atoms with Gasteiger partial charge in [-0.3, -0.25) is 0 Å². The maximum atomic E-state index is 8.21. The van der Waals surface area contributed by atoms with Gasteiger partial charge in [0, 0.05) is 4.48 Å². The van der Waals surface area contributed by atoms with Crippen LogP contribution in [0, 0.1) is 0 Å². The number of hydrogen-bond donors (Lipinski definition) is 1. The fourth-order valence-electron chi connectivity index (χ4n) is 0.247. The Kier molecular flexibility index (Phi) is 5.37. The van der Waals surface area contributed by atoms with E-state index < -0.39 is 0 Å². The standard InChI is InChI=1S/C5H9BrO2/c1-5(6)4-8-3-2-7/h7H,1-4H2. The first-order valence-corrected chi connectivity index (χ1v) is 3.08. The maximum absolute atomic E-state index is 8.21. The van der Waals surface area contributed by atoms with E-state index >= 15 is 0 Å². The molecular formula is C5H9BrO2. The predicted octanol–water partition coefficient (Wildman–Crippen LogP) is 0.904. The predicted molar refractivity (Wildman–Crippen MR) is 36.0 cm³/mol. The second kappa shape index (κ2) is 5.28. The Balaban J connectivity index is 2.82. The van der Waals surface area contributed by atoms with Crippen LogP contribution in [0.1, 0.15) is 0 Å². The highest BCUT2D eigenvalue weighted by Crippen LogP contribution is 1.98. The van der Waals surface area contributed by atoms with Crippen LogP contribution in [0.5, 0.6) is 0 Å². The molecule has 1 N–H and O–H groups in total. The van der Waals surface area contributed by atoms with E-state index in [0.717, 1.165) is 4.48 Å². The lowest BCUT2D eigenvalue weighted by molar-refractivity contribution is 0.111. The van der Waals surface area contributed by atoms with Crippen LogP contribution >= 0.6 is 15.9 Å². The van der Waals surface area contributed by atoms with Crippen molar-refractivity contribution in [1.82, 2.24) is 0 Å². The Morgan fingerprint density at radius 1 is 1.75 bits per heavy atom. The highest BCUT2D eigenvalue weighted by Gasteiger charge is 1.85. The monoisotopic (exact) mass is 180 g/mol. The van der Waals surface area contributed by atoms with Crippen molar-refractivity contribution in [2.75, 3.05) is 19.8 Å². The molecule has 3 heteroatoms. The number of hydrogen-bond acceptors (Lipinski definition) is 2. The molecule has 0 atom stereocenters. The Morgan fingerprint density at radius 2 is 2.38 bits per heavy atom. The number of rotatable bonds is 4.